The van der Waals surface area contributed by atoms with Crippen molar-refractivity contribution >= 4 is 16.0 Å². The highest BCUT2D eigenvalue weighted by Gasteiger charge is 2.32. The first kappa shape index (κ1) is 16.6. The Labute approximate surface area is 140 Å². The van der Waals surface area contributed by atoms with Gasteiger partial charge in [0.1, 0.15) is 0 Å². The summed E-state index contributed by atoms with van der Waals surface area (Å²) in [5, 5.41) is 9.30. The molecule has 0 fully saturated rings. The Morgan fingerprint density at radius 3 is 2.50 bits per heavy atom. The second-order valence-corrected chi connectivity index (χ2v) is 7.79. The number of aromatic carboxylic acids is 1. The highest BCUT2D eigenvalue weighted by molar-refractivity contribution is 7.89. The van der Waals surface area contributed by atoms with Crippen molar-refractivity contribution in [2.24, 2.45) is 0 Å². The minimum Gasteiger partial charge on any atom is -0.477 e. The van der Waals surface area contributed by atoms with E-state index in [2.05, 4.69) is 4.98 Å². The lowest BCUT2D eigenvalue weighted by Gasteiger charge is -2.29. The van der Waals surface area contributed by atoms with E-state index in [1.54, 1.807) is 32.0 Å². The fourth-order valence-corrected chi connectivity index (χ4v) is 5.01. The minimum atomic E-state index is -3.70. The van der Waals surface area contributed by atoms with Gasteiger partial charge in [-0.25, -0.2) is 18.2 Å². The molecule has 1 N–H and O–H groups in total. The fraction of sp³-hybridized carbons (Fsp3) is 0.294. The summed E-state index contributed by atoms with van der Waals surface area (Å²) >= 11 is 0. The summed E-state index contributed by atoms with van der Waals surface area (Å²) in [6.07, 6.45) is 1.93. The Bertz CT molecular complexity index is 902. The summed E-state index contributed by atoms with van der Waals surface area (Å²) in [6, 6.07) is 7.11. The molecule has 24 heavy (non-hydrogen) atoms. The zero-order chi connectivity index (χ0) is 17.5. The Morgan fingerprint density at radius 1 is 1.21 bits per heavy atom. The number of carboxylic acid groups (broad SMARTS) is 1. The fourth-order valence-electron chi connectivity index (χ4n) is 3.17. The van der Waals surface area contributed by atoms with Crippen LogP contribution in [0.3, 0.4) is 0 Å². The van der Waals surface area contributed by atoms with E-state index < -0.39 is 16.0 Å². The SMILES string of the molecule is Cc1cccc(C)c1S(=O)(=O)N1CCc2ccnc(C(=O)O)c2C1. The number of carbonyl (C=O) groups is 1. The topological polar surface area (TPSA) is 87.6 Å². The number of aryl methyl sites for hydroxylation is 2. The molecule has 0 atom stereocenters. The molecule has 0 aliphatic carbocycles. The van der Waals surface area contributed by atoms with Crippen LogP contribution >= 0.6 is 0 Å². The van der Waals surface area contributed by atoms with Gasteiger partial charge in [-0.1, -0.05) is 18.2 Å². The molecule has 2 aromatic rings. The van der Waals surface area contributed by atoms with Crippen LogP contribution < -0.4 is 0 Å². The first-order valence-electron chi connectivity index (χ1n) is 7.59. The predicted molar refractivity (Wildman–Crippen MR) is 88.4 cm³/mol. The average Bonchev–Trinajstić information content (AvgIpc) is 2.53. The molecular weight excluding hydrogens is 328 g/mol. The Morgan fingerprint density at radius 2 is 1.88 bits per heavy atom. The van der Waals surface area contributed by atoms with Gasteiger partial charge >= 0.3 is 5.97 Å². The highest BCUT2D eigenvalue weighted by Crippen LogP contribution is 2.29. The van der Waals surface area contributed by atoms with Crippen LogP contribution in [0.5, 0.6) is 0 Å². The molecule has 126 valence electrons. The van der Waals surface area contributed by atoms with Gasteiger partial charge < -0.3 is 5.11 Å². The smallest absolute Gasteiger partial charge is 0.354 e. The van der Waals surface area contributed by atoms with E-state index in [0.717, 1.165) is 5.56 Å². The zero-order valence-electron chi connectivity index (χ0n) is 13.5. The summed E-state index contributed by atoms with van der Waals surface area (Å²) in [5.41, 5.74) is 2.62. The number of aromatic nitrogens is 1. The molecule has 1 aliphatic rings. The number of hydrogen-bond acceptors (Lipinski definition) is 4. The third kappa shape index (κ3) is 2.70. The van der Waals surface area contributed by atoms with Crippen molar-refractivity contribution in [1.29, 1.82) is 0 Å². The Kier molecular flexibility index (Phi) is 4.15. The predicted octanol–water partition coefficient (Wildman–Crippen LogP) is 2.14. The maximum Gasteiger partial charge on any atom is 0.354 e. The van der Waals surface area contributed by atoms with Crippen LogP contribution in [0.1, 0.15) is 32.7 Å². The van der Waals surface area contributed by atoms with Crippen molar-refractivity contribution in [1.82, 2.24) is 9.29 Å². The van der Waals surface area contributed by atoms with Crippen LogP contribution in [0, 0.1) is 13.8 Å². The van der Waals surface area contributed by atoms with Crippen molar-refractivity contribution in [2.45, 2.75) is 31.7 Å². The largest absolute Gasteiger partial charge is 0.477 e. The molecular formula is C17H18N2O4S. The lowest BCUT2D eigenvalue weighted by molar-refractivity contribution is 0.0687. The molecule has 2 heterocycles. The second-order valence-electron chi connectivity index (χ2n) is 5.91. The molecule has 3 rings (SSSR count). The lowest BCUT2D eigenvalue weighted by Crippen LogP contribution is -2.37. The van der Waals surface area contributed by atoms with Gasteiger partial charge in [-0.3, -0.25) is 0 Å². The van der Waals surface area contributed by atoms with Gasteiger partial charge in [0.05, 0.1) is 4.90 Å². The van der Waals surface area contributed by atoms with E-state index >= 15 is 0 Å². The van der Waals surface area contributed by atoms with Crippen LogP contribution in [-0.2, 0) is 23.0 Å². The van der Waals surface area contributed by atoms with Crippen LogP contribution in [0.2, 0.25) is 0 Å². The number of pyridine rings is 1. The normalized spacial score (nSPS) is 15.1. The number of hydrogen-bond donors (Lipinski definition) is 1. The second kappa shape index (κ2) is 5.99. The molecule has 7 heteroatoms. The summed E-state index contributed by atoms with van der Waals surface area (Å²) < 4.78 is 27.5. The van der Waals surface area contributed by atoms with Gasteiger partial charge in [0.2, 0.25) is 10.0 Å². The summed E-state index contributed by atoms with van der Waals surface area (Å²) in [4.78, 5) is 15.6. The quantitative estimate of drug-likeness (QED) is 0.920. The molecule has 0 spiro atoms. The summed E-state index contributed by atoms with van der Waals surface area (Å²) in [5.74, 6) is -1.14. The van der Waals surface area contributed by atoms with Gasteiger partial charge in [0.25, 0.3) is 0 Å². The maximum atomic E-state index is 13.1. The lowest BCUT2D eigenvalue weighted by atomic mass is 10.0. The molecule has 1 aromatic carbocycles. The molecule has 0 amide bonds. The van der Waals surface area contributed by atoms with Gasteiger partial charge in [0, 0.05) is 24.8 Å². The Balaban J connectivity index is 2.06. The van der Waals surface area contributed by atoms with Crippen molar-refractivity contribution in [3.05, 3.63) is 58.4 Å². The van der Waals surface area contributed by atoms with E-state index in [-0.39, 0.29) is 12.2 Å². The van der Waals surface area contributed by atoms with Crippen LogP contribution in [-0.4, -0.2) is 35.3 Å². The third-order valence-electron chi connectivity index (χ3n) is 4.33. The molecule has 0 radical (unpaired) electrons. The molecule has 1 aromatic heterocycles. The number of carboxylic acids is 1. The Hall–Kier alpha value is -2.25. The van der Waals surface area contributed by atoms with E-state index in [4.69, 9.17) is 0 Å². The molecule has 1 aliphatic heterocycles. The third-order valence-corrected chi connectivity index (χ3v) is 6.48. The summed E-state index contributed by atoms with van der Waals surface area (Å²) in [7, 11) is -3.70. The molecule has 0 saturated carbocycles. The molecule has 0 saturated heterocycles. The molecule has 0 unspecified atom stereocenters. The first-order valence-corrected chi connectivity index (χ1v) is 9.03. The molecule has 0 bridgehead atoms. The van der Waals surface area contributed by atoms with Gasteiger partial charge in [0.15, 0.2) is 5.69 Å². The van der Waals surface area contributed by atoms with E-state index in [1.807, 2.05) is 6.07 Å². The van der Waals surface area contributed by atoms with Crippen molar-refractivity contribution < 1.29 is 18.3 Å². The highest BCUT2D eigenvalue weighted by atomic mass is 32.2. The number of rotatable bonds is 3. The van der Waals surface area contributed by atoms with E-state index in [1.165, 1.54) is 10.5 Å². The molecule has 6 nitrogen and oxygen atoms in total. The van der Waals surface area contributed by atoms with Crippen molar-refractivity contribution in [3.63, 3.8) is 0 Å². The monoisotopic (exact) mass is 346 g/mol. The van der Waals surface area contributed by atoms with Crippen molar-refractivity contribution in [2.75, 3.05) is 6.54 Å². The van der Waals surface area contributed by atoms with E-state index in [9.17, 15) is 18.3 Å². The number of sulfonamides is 1. The van der Waals surface area contributed by atoms with Crippen LogP contribution in [0.15, 0.2) is 35.4 Å². The van der Waals surface area contributed by atoms with Gasteiger partial charge in [-0.2, -0.15) is 4.31 Å². The van der Waals surface area contributed by atoms with E-state index in [0.29, 0.717) is 34.6 Å². The number of fused-ring (bicyclic) bond motifs is 1. The summed E-state index contributed by atoms with van der Waals surface area (Å²) in [6.45, 7) is 3.89. The van der Waals surface area contributed by atoms with Crippen LogP contribution in [0.25, 0.3) is 0 Å². The minimum absolute atomic E-state index is 0.0287. The maximum absolute atomic E-state index is 13.1. The standard InChI is InChI=1S/C17H18N2O4S/c1-11-4-3-5-12(2)16(11)24(22,23)19-9-7-13-6-8-18-15(17(20)21)14(13)10-19/h3-6,8H,7,9-10H2,1-2H3,(H,20,21). The zero-order valence-corrected chi connectivity index (χ0v) is 14.3. The van der Waals surface area contributed by atoms with Gasteiger partial charge in [-0.05, 0) is 43.0 Å². The number of nitrogens with zero attached hydrogens (tertiary/aromatic N) is 2. The number of benzene rings is 1. The first-order chi connectivity index (χ1) is 11.3. The van der Waals surface area contributed by atoms with Crippen molar-refractivity contribution in [3.8, 4) is 0 Å². The van der Waals surface area contributed by atoms with Crippen LogP contribution in [0.4, 0.5) is 0 Å². The van der Waals surface area contributed by atoms with Gasteiger partial charge in [-0.15, -0.1) is 0 Å². The average molecular weight is 346 g/mol.